The first-order chi connectivity index (χ1) is 13.0. The number of halogens is 2. The second-order valence-electron chi connectivity index (χ2n) is 6.33. The number of hydrogen-bond acceptors (Lipinski definition) is 4. The lowest BCUT2D eigenvalue weighted by molar-refractivity contribution is -0.0405. The van der Waals surface area contributed by atoms with Gasteiger partial charge in [-0.2, -0.15) is 0 Å². The molecule has 0 aliphatic carbocycles. The van der Waals surface area contributed by atoms with E-state index in [1.54, 1.807) is 7.11 Å². The fourth-order valence-electron chi connectivity index (χ4n) is 2.91. The molecule has 3 rings (SSSR count). The first kappa shape index (κ1) is 19.1. The SMILES string of the molecule is COc1cc(C)ccc1OCC1CN(C(=O)c2ccc(F)cc2F)CCO1. The number of morpholine rings is 1. The van der Waals surface area contributed by atoms with Crippen LogP contribution in [0.1, 0.15) is 15.9 Å². The number of ether oxygens (including phenoxy) is 3. The standard InChI is InChI=1S/C20H21F2NO4/c1-13-3-6-18(19(9-13)25-2)27-12-15-11-23(7-8-26-15)20(24)16-5-4-14(21)10-17(16)22/h3-6,9-10,15H,7-8,11-12H2,1-2H3. The Labute approximate surface area is 156 Å². The molecule has 7 heteroatoms. The summed E-state index contributed by atoms with van der Waals surface area (Å²) in [6.07, 6.45) is -0.364. The second kappa shape index (κ2) is 8.35. The van der Waals surface area contributed by atoms with Crippen molar-refractivity contribution in [1.82, 2.24) is 4.90 Å². The number of carbonyl (C=O) groups is 1. The molecule has 1 atom stereocenters. The van der Waals surface area contributed by atoms with Gasteiger partial charge in [-0.05, 0) is 36.8 Å². The lowest BCUT2D eigenvalue weighted by Crippen LogP contribution is -2.47. The normalized spacial score (nSPS) is 16.9. The van der Waals surface area contributed by atoms with Crippen LogP contribution in [-0.2, 0) is 4.74 Å². The van der Waals surface area contributed by atoms with Gasteiger partial charge in [-0.3, -0.25) is 4.79 Å². The van der Waals surface area contributed by atoms with Crippen molar-refractivity contribution in [3.63, 3.8) is 0 Å². The van der Waals surface area contributed by atoms with Crippen molar-refractivity contribution in [2.45, 2.75) is 13.0 Å². The quantitative estimate of drug-likeness (QED) is 0.803. The summed E-state index contributed by atoms with van der Waals surface area (Å²) in [6.45, 7) is 3.07. The highest BCUT2D eigenvalue weighted by Gasteiger charge is 2.27. The summed E-state index contributed by atoms with van der Waals surface area (Å²) < 4.78 is 43.7. The maximum absolute atomic E-state index is 13.9. The Morgan fingerprint density at radius 3 is 2.78 bits per heavy atom. The molecule has 2 aromatic carbocycles. The van der Waals surface area contributed by atoms with Gasteiger partial charge in [0.25, 0.3) is 5.91 Å². The molecule has 0 saturated carbocycles. The number of rotatable bonds is 5. The van der Waals surface area contributed by atoms with Crippen molar-refractivity contribution < 1.29 is 27.8 Å². The van der Waals surface area contributed by atoms with Gasteiger partial charge in [-0.25, -0.2) is 8.78 Å². The van der Waals surface area contributed by atoms with Gasteiger partial charge in [0.1, 0.15) is 24.3 Å². The highest BCUT2D eigenvalue weighted by molar-refractivity contribution is 5.94. The van der Waals surface area contributed by atoms with Crippen molar-refractivity contribution in [1.29, 1.82) is 0 Å². The van der Waals surface area contributed by atoms with Crippen LogP contribution in [0.5, 0.6) is 11.5 Å². The number of aryl methyl sites for hydroxylation is 1. The van der Waals surface area contributed by atoms with Gasteiger partial charge in [-0.1, -0.05) is 6.07 Å². The Bertz CT molecular complexity index is 828. The van der Waals surface area contributed by atoms with Crippen molar-refractivity contribution in [3.05, 3.63) is 59.2 Å². The average Bonchev–Trinajstić information content (AvgIpc) is 2.66. The van der Waals surface area contributed by atoms with E-state index in [1.807, 2.05) is 25.1 Å². The first-order valence-electron chi connectivity index (χ1n) is 8.61. The molecule has 1 aliphatic heterocycles. The highest BCUT2D eigenvalue weighted by Crippen LogP contribution is 2.28. The maximum atomic E-state index is 13.9. The fourth-order valence-corrected chi connectivity index (χ4v) is 2.91. The van der Waals surface area contributed by atoms with Crippen LogP contribution >= 0.6 is 0 Å². The number of nitrogens with zero attached hydrogens (tertiary/aromatic N) is 1. The van der Waals surface area contributed by atoms with E-state index in [-0.39, 0.29) is 24.8 Å². The Balaban J connectivity index is 1.63. The van der Waals surface area contributed by atoms with Gasteiger partial charge >= 0.3 is 0 Å². The third-order valence-electron chi connectivity index (χ3n) is 4.33. The summed E-state index contributed by atoms with van der Waals surface area (Å²) in [5.74, 6) is -0.881. The molecule has 1 heterocycles. The molecule has 0 spiro atoms. The molecule has 2 aromatic rings. The lowest BCUT2D eigenvalue weighted by atomic mass is 10.1. The summed E-state index contributed by atoms with van der Waals surface area (Å²) >= 11 is 0. The van der Waals surface area contributed by atoms with Gasteiger partial charge in [0.2, 0.25) is 0 Å². The molecule has 0 N–H and O–H groups in total. The van der Waals surface area contributed by atoms with Crippen LogP contribution < -0.4 is 9.47 Å². The van der Waals surface area contributed by atoms with Crippen molar-refractivity contribution in [2.24, 2.45) is 0 Å². The molecule has 1 fully saturated rings. The fraction of sp³-hybridized carbons (Fsp3) is 0.350. The number of carbonyl (C=O) groups excluding carboxylic acids is 1. The molecule has 1 aliphatic rings. The number of hydrogen-bond donors (Lipinski definition) is 0. The van der Waals surface area contributed by atoms with Crippen molar-refractivity contribution in [3.8, 4) is 11.5 Å². The maximum Gasteiger partial charge on any atom is 0.257 e. The zero-order valence-electron chi connectivity index (χ0n) is 15.2. The first-order valence-corrected chi connectivity index (χ1v) is 8.61. The summed E-state index contributed by atoms with van der Waals surface area (Å²) in [7, 11) is 1.57. The molecule has 1 amide bonds. The molecule has 5 nitrogen and oxygen atoms in total. The minimum Gasteiger partial charge on any atom is -0.493 e. The van der Waals surface area contributed by atoms with Crippen LogP contribution in [-0.4, -0.2) is 50.3 Å². The largest absolute Gasteiger partial charge is 0.493 e. The van der Waals surface area contributed by atoms with Crippen molar-refractivity contribution >= 4 is 5.91 Å². The summed E-state index contributed by atoms with van der Waals surface area (Å²) in [6, 6.07) is 8.52. The number of methoxy groups -OCH3 is 1. The minimum atomic E-state index is -0.872. The van der Waals surface area contributed by atoms with Crippen LogP contribution in [0.3, 0.4) is 0 Å². The van der Waals surface area contributed by atoms with Crippen LogP contribution in [0.15, 0.2) is 36.4 Å². The molecule has 0 bridgehead atoms. The van der Waals surface area contributed by atoms with Crippen LogP contribution in [0, 0.1) is 18.6 Å². The molecular weight excluding hydrogens is 356 g/mol. The Kier molecular flexibility index (Phi) is 5.91. The minimum absolute atomic E-state index is 0.154. The van der Waals surface area contributed by atoms with Crippen molar-refractivity contribution in [2.75, 3.05) is 33.4 Å². The van der Waals surface area contributed by atoms with E-state index in [0.29, 0.717) is 30.7 Å². The molecule has 0 aromatic heterocycles. The van der Waals surface area contributed by atoms with Gasteiger partial charge in [-0.15, -0.1) is 0 Å². The molecular formula is C20H21F2NO4. The van der Waals surface area contributed by atoms with E-state index in [9.17, 15) is 13.6 Å². The second-order valence-corrected chi connectivity index (χ2v) is 6.33. The van der Waals surface area contributed by atoms with E-state index in [2.05, 4.69) is 0 Å². The zero-order chi connectivity index (χ0) is 19.4. The average molecular weight is 377 g/mol. The molecule has 144 valence electrons. The van der Waals surface area contributed by atoms with Gasteiger partial charge in [0.15, 0.2) is 11.5 Å². The zero-order valence-corrected chi connectivity index (χ0v) is 15.2. The predicted octanol–water partition coefficient (Wildman–Crippen LogP) is 3.20. The number of amides is 1. The highest BCUT2D eigenvalue weighted by atomic mass is 19.1. The van der Waals surface area contributed by atoms with E-state index in [1.165, 1.54) is 4.90 Å². The summed E-state index contributed by atoms with van der Waals surface area (Å²) in [5.41, 5.74) is 0.893. The molecule has 1 unspecified atom stereocenters. The molecule has 27 heavy (non-hydrogen) atoms. The van der Waals surface area contributed by atoms with Crippen LogP contribution in [0.2, 0.25) is 0 Å². The predicted molar refractivity (Wildman–Crippen MR) is 95.2 cm³/mol. The van der Waals surface area contributed by atoms with Gasteiger partial charge < -0.3 is 19.1 Å². The summed E-state index contributed by atoms with van der Waals surface area (Å²) in [5, 5.41) is 0. The Morgan fingerprint density at radius 1 is 1.22 bits per heavy atom. The van der Waals surface area contributed by atoms with Crippen LogP contribution in [0.25, 0.3) is 0 Å². The van der Waals surface area contributed by atoms with Gasteiger partial charge in [0.05, 0.1) is 25.8 Å². The smallest absolute Gasteiger partial charge is 0.257 e. The topological polar surface area (TPSA) is 48.0 Å². The van der Waals surface area contributed by atoms with Crippen LogP contribution in [0.4, 0.5) is 8.78 Å². The lowest BCUT2D eigenvalue weighted by Gasteiger charge is -2.33. The third kappa shape index (κ3) is 4.54. The van der Waals surface area contributed by atoms with E-state index >= 15 is 0 Å². The van der Waals surface area contributed by atoms with E-state index in [4.69, 9.17) is 14.2 Å². The monoisotopic (exact) mass is 377 g/mol. The van der Waals surface area contributed by atoms with E-state index < -0.39 is 17.5 Å². The van der Waals surface area contributed by atoms with E-state index in [0.717, 1.165) is 17.7 Å². The molecule has 0 radical (unpaired) electrons. The Hall–Kier alpha value is -2.67. The molecule has 1 saturated heterocycles. The number of benzene rings is 2. The Morgan fingerprint density at radius 2 is 2.04 bits per heavy atom. The summed E-state index contributed by atoms with van der Waals surface area (Å²) in [4.78, 5) is 14.0. The third-order valence-corrected chi connectivity index (χ3v) is 4.33. The van der Waals surface area contributed by atoms with Gasteiger partial charge in [0, 0.05) is 12.6 Å².